The summed E-state index contributed by atoms with van der Waals surface area (Å²) in [4.78, 5) is 0. The van der Waals surface area contributed by atoms with Crippen LogP contribution >= 0.6 is 23.5 Å². The lowest BCUT2D eigenvalue weighted by Crippen LogP contribution is -1.92. The minimum atomic E-state index is 1.04. The number of fused-ring (bicyclic) bond motifs is 11. The van der Waals surface area contributed by atoms with Gasteiger partial charge in [0.1, 0.15) is 0 Å². The van der Waals surface area contributed by atoms with Gasteiger partial charge in [0.15, 0.2) is 0 Å². The highest BCUT2D eigenvalue weighted by Crippen LogP contribution is 2.32. The van der Waals surface area contributed by atoms with E-state index >= 15 is 0 Å². The summed E-state index contributed by atoms with van der Waals surface area (Å²) in [6.45, 7) is 0. The van der Waals surface area contributed by atoms with Gasteiger partial charge in [0.05, 0.1) is 0 Å². The first kappa shape index (κ1) is 17.9. The van der Waals surface area contributed by atoms with E-state index in [2.05, 4.69) is 84.9 Å². The summed E-state index contributed by atoms with van der Waals surface area (Å²) < 4.78 is 0. The Morgan fingerprint density at radius 3 is 1.46 bits per heavy atom. The minimum Gasteiger partial charge on any atom is -0.152 e. The Labute approximate surface area is 175 Å². The molecule has 0 nitrogen and oxygen atoms in total. The van der Waals surface area contributed by atoms with Crippen molar-refractivity contribution in [3.63, 3.8) is 0 Å². The third kappa shape index (κ3) is 3.72. The van der Waals surface area contributed by atoms with Crippen LogP contribution in [0.4, 0.5) is 0 Å². The lowest BCUT2D eigenvalue weighted by atomic mass is 10.0. The summed E-state index contributed by atoms with van der Waals surface area (Å²) in [5, 5.41) is 2.83. The van der Waals surface area contributed by atoms with Crippen LogP contribution in [0.2, 0.25) is 0 Å². The van der Waals surface area contributed by atoms with Gasteiger partial charge in [-0.3, -0.25) is 0 Å². The number of benzene rings is 4. The fraction of sp³-hybridized carbons (Fsp3) is 0.154. The van der Waals surface area contributed by atoms with Crippen molar-refractivity contribution in [2.45, 2.75) is 23.0 Å². The third-order valence-electron chi connectivity index (χ3n) is 5.34. The molecule has 4 aromatic rings. The van der Waals surface area contributed by atoms with Crippen molar-refractivity contribution in [3.05, 3.63) is 107 Å². The summed E-state index contributed by atoms with van der Waals surface area (Å²) in [6, 6.07) is 31.6. The van der Waals surface area contributed by atoms with Crippen molar-refractivity contribution in [1.82, 2.24) is 0 Å². The lowest BCUT2D eigenvalue weighted by molar-refractivity contribution is 1.34. The predicted molar refractivity (Wildman–Crippen MR) is 126 cm³/mol. The molecule has 28 heavy (non-hydrogen) atoms. The van der Waals surface area contributed by atoms with Crippen LogP contribution in [0.3, 0.4) is 0 Å². The zero-order chi connectivity index (χ0) is 18.8. The normalized spacial score (nSPS) is 14.3. The standard InChI is InChI=1S/C26H22S2/c1-2-10-26-24-12-11-23(25(26)9-1)17-27-15-19-5-3-7-21(13-19)22-8-4-6-20(14-22)16-28-18-24/h1-14H,15-18H2. The second-order valence-electron chi connectivity index (χ2n) is 7.32. The maximum Gasteiger partial charge on any atom is 0.0194 e. The van der Waals surface area contributed by atoms with Crippen LogP contribution in [0.1, 0.15) is 22.3 Å². The van der Waals surface area contributed by atoms with Crippen LogP contribution in [-0.2, 0) is 23.0 Å². The van der Waals surface area contributed by atoms with Crippen LogP contribution in [0.25, 0.3) is 21.9 Å². The van der Waals surface area contributed by atoms with E-state index in [1.807, 2.05) is 23.5 Å². The van der Waals surface area contributed by atoms with Gasteiger partial charge in [-0.15, -0.1) is 0 Å². The van der Waals surface area contributed by atoms with Crippen molar-refractivity contribution >= 4 is 34.3 Å². The molecule has 0 N–H and O–H groups in total. The molecule has 0 atom stereocenters. The second kappa shape index (κ2) is 8.06. The second-order valence-corrected chi connectivity index (χ2v) is 9.29. The molecular formula is C26H22S2. The van der Waals surface area contributed by atoms with Gasteiger partial charge in [0, 0.05) is 23.0 Å². The fourth-order valence-electron chi connectivity index (χ4n) is 3.91. The Morgan fingerprint density at radius 1 is 0.464 bits per heavy atom. The molecule has 0 radical (unpaired) electrons. The average molecular weight is 399 g/mol. The van der Waals surface area contributed by atoms with Crippen molar-refractivity contribution in [3.8, 4) is 11.1 Å². The van der Waals surface area contributed by atoms with Gasteiger partial charge in [-0.1, -0.05) is 84.9 Å². The molecule has 0 saturated carbocycles. The Morgan fingerprint density at radius 2 is 0.964 bits per heavy atom. The van der Waals surface area contributed by atoms with E-state index in [0.29, 0.717) is 0 Å². The van der Waals surface area contributed by atoms with E-state index in [0.717, 1.165) is 23.0 Å². The molecule has 4 aromatic carbocycles. The third-order valence-corrected chi connectivity index (χ3v) is 7.45. The smallest absolute Gasteiger partial charge is 0.0194 e. The highest BCUT2D eigenvalue weighted by atomic mass is 32.2. The van der Waals surface area contributed by atoms with Crippen LogP contribution in [0.5, 0.6) is 0 Å². The average Bonchev–Trinajstić information content (AvgIpc) is 2.75. The summed E-state index contributed by atoms with van der Waals surface area (Å²) in [7, 11) is 0. The Bertz CT molecular complexity index is 1040. The number of hydrogen-bond donors (Lipinski definition) is 0. The molecule has 0 aromatic heterocycles. The predicted octanol–water partition coefficient (Wildman–Crippen LogP) is 7.69. The van der Waals surface area contributed by atoms with Crippen LogP contribution in [0.15, 0.2) is 84.9 Å². The fourth-order valence-corrected chi connectivity index (χ4v) is 5.89. The van der Waals surface area contributed by atoms with Gasteiger partial charge in [-0.05, 0) is 44.2 Å². The molecule has 5 rings (SSSR count). The quantitative estimate of drug-likeness (QED) is 0.298. The van der Waals surface area contributed by atoms with Gasteiger partial charge < -0.3 is 0 Å². The molecule has 0 amide bonds. The molecule has 1 aliphatic heterocycles. The first-order valence-corrected chi connectivity index (χ1v) is 12.0. The molecular weight excluding hydrogens is 376 g/mol. The zero-order valence-electron chi connectivity index (χ0n) is 15.7. The summed E-state index contributed by atoms with van der Waals surface area (Å²) in [5.41, 5.74) is 8.34. The Kier molecular flexibility index (Phi) is 5.16. The summed E-state index contributed by atoms with van der Waals surface area (Å²) in [6.07, 6.45) is 0. The number of thioether (sulfide) groups is 2. The Hall–Kier alpha value is -2.16. The molecule has 0 spiro atoms. The molecule has 0 fully saturated rings. The molecule has 0 unspecified atom stereocenters. The van der Waals surface area contributed by atoms with Crippen molar-refractivity contribution in [2.24, 2.45) is 0 Å². The number of rotatable bonds is 0. The van der Waals surface area contributed by atoms with Gasteiger partial charge in [0.25, 0.3) is 0 Å². The van der Waals surface area contributed by atoms with Crippen LogP contribution in [0, 0.1) is 0 Å². The first-order valence-electron chi connectivity index (χ1n) is 9.70. The van der Waals surface area contributed by atoms with E-state index in [-0.39, 0.29) is 0 Å². The van der Waals surface area contributed by atoms with Crippen molar-refractivity contribution in [2.75, 3.05) is 0 Å². The number of hydrogen-bond acceptors (Lipinski definition) is 2. The van der Waals surface area contributed by atoms with Gasteiger partial charge >= 0.3 is 0 Å². The topological polar surface area (TPSA) is 0 Å². The Balaban J connectivity index is 1.57. The van der Waals surface area contributed by atoms with Crippen LogP contribution in [-0.4, -0.2) is 0 Å². The van der Waals surface area contributed by atoms with E-state index in [1.165, 1.54) is 44.2 Å². The summed E-state index contributed by atoms with van der Waals surface area (Å²) in [5.74, 6) is 4.18. The van der Waals surface area contributed by atoms with Crippen molar-refractivity contribution < 1.29 is 0 Å². The van der Waals surface area contributed by atoms with E-state index in [9.17, 15) is 0 Å². The maximum atomic E-state index is 2.35. The SMILES string of the molecule is c1cc2cc(c1)-c1cccc(c1)CSCc1ccc(c3ccccc13)CSC2. The minimum absolute atomic E-state index is 1.04. The molecule has 0 aliphatic carbocycles. The van der Waals surface area contributed by atoms with Crippen molar-refractivity contribution in [1.29, 1.82) is 0 Å². The highest BCUT2D eigenvalue weighted by Gasteiger charge is 2.08. The monoisotopic (exact) mass is 398 g/mol. The lowest BCUT2D eigenvalue weighted by Gasteiger charge is -2.13. The molecule has 1 heterocycles. The van der Waals surface area contributed by atoms with E-state index in [1.54, 1.807) is 0 Å². The maximum absolute atomic E-state index is 2.35. The van der Waals surface area contributed by atoms with E-state index in [4.69, 9.17) is 0 Å². The van der Waals surface area contributed by atoms with Gasteiger partial charge in [-0.25, -0.2) is 0 Å². The molecule has 0 saturated heterocycles. The first-order chi connectivity index (χ1) is 13.9. The summed E-state index contributed by atoms with van der Waals surface area (Å²) >= 11 is 4.01. The van der Waals surface area contributed by atoms with E-state index < -0.39 is 0 Å². The molecule has 138 valence electrons. The molecule has 6 bridgehead atoms. The largest absolute Gasteiger partial charge is 0.152 e. The van der Waals surface area contributed by atoms with Gasteiger partial charge in [0.2, 0.25) is 0 Å². The van der Waals surface area contributed by atoms with Gasteiger partial charge in [-0.2, -0.15) is 23.5 Å². The van der Waals surface area contributed by atoms with Crippen LogP contribution < -0.4 is 0 Å². The molecule has 1 aliphatic rings. The zero-order valence-corrected chi connectivity index (χ0v) is 17.4. The highest BCUT2D eigenvalue weighted by molar-refractivity contribution is 7.98. The molecule has 2 heteroatoms.